The van der Waals surface area contributed by atoms with Crippen LogP contribution in [0.15, 0.2) is 18.2 Å². The molecule has 0 saturated carbocycles. The molecule has 1 aliphatic heterocycles. The Morgan fingerprint density at radius 3 is 2.82 bits per heavy atom. The second-order valence-corrected chi connectivity index (χ2v) is 4.70. The second-order valence-electron chi connectivity index (χ2n) is 4.70. The molecule has 0 aliphatic carbocycles. The van der Waals surface area contributed by atoms with Gasteiger partial charge in [-0.3, -0.25) is 0 Å². The van der Waals surface area contributed by atoms with Gasteiger partial charge < -0.3 is 15.2 Å². The Balaban J connectivity index is 1.99. The van der Waals surface area contributed by atoms with Gasteiger partial charge >= 0.3 is 0 Å². The van der Waals surface area contributed by atoms with E-state index in [2.05, 4.69) is 5.32 Å². The summed E-state index contributed by atoms with van der Waals surface area (Å²) < 4.78 is 18.8. The summed E-state index contributed by atoms with van der Waals surface area (Å²) in [6, 6.07) is 4.73. The Labute approximate surface area is 101 Å². The van der Waals surface area contributed by atoms with Gasteiger partial charge in [-0.25, -0.2) is 4.39 Å². The molecule has 1 fully saturated rings. The third-order valence-corrected chi connectivity index (χ3v) is 3.12. The molecule has 0 spiro atoms. The standard InChI is InChI=1S/C13H18FNO2/c1-10-2-3-11(14)12(8-10)17-9-13(16)4-6-15-7-5-13/h2-3,8,15-16H,4-7,9H2,1H3. The molecule has 1 saturated heterocycles. The second kappa shape index (κ2) is 5.02. The molecule has 0 amide bonds. The molecule has 0 unspecified atom stereocenters. The number of rotatable bonds is 3. The van der Waals surface area contributed by atoms with Crippen LogP contribution in [0.5, 0.6) is 5.75 Å². The Bertz CT molecular complexity index is 389. The van der Waals surface area contributed by atoms with Gasteiger partial charge in [-0.05, 0) is 50.6 Å². The maximum atomic E-state index is 13.4. The number of aliphatic hydroxyl groups is 1. The highest BCUT2D eigenvalue weighted by molar-refractivity contribution is 5.29. The largest absolute Gasteiger partial charge is 0.488 e. The molecule has 0 atom stereocenters. The molecule has 0 bridgehead atoms. The minimum atomic E-state index is -0.832. The van der Waals surface area contributed by atoms with E-state index in [0.29, 0.717) is 12.8 Å². The molecule has 3 nitrogen and oxygen atoms in total. The van der Waals surface area contributed by atoms with E-state index in [0.717, 1.165) is 18.7 Å². The molecule has 94 valence electrons. The highest BCUT2D eigenvalue weighted by atomic mass is 19.1. The Morgan fingerprint density at radius 2 is 2.12 bits per heavy atom. The van der Waals surface area contributed by atoms with Crippen molar-refractivity contribution in [3.8, 4) is 5.75 Å². The minimum absolute atomic E-state index is 0.148. The van der Waals surface area contributed by atoms with Gasteiger partial charge in [-0.1, -0.05) is 6.07 Å². The average molecular weight is 239 g/mol. The third kappa shape index (κ3) is 3.17. The summed E-state index contributed by atoms with van der Waals surface area (Å²) in [5, 5.41) is 13.4. The fourth-order valence-electron chi connectivity index (χ4n) is 1.97. The highest BCUT2D eigenvalue weighted by Crippen LogP contribution is 2.23. The van der Waals surface area contributed by atoms with Gasteiger partial charge in [0, 0.05) is 0 Å². The predicted molar refractivity (Wildman–Crippen MR) is 63.7 cm³/mol. The van der Waals surface area contributed by atoms with Crippen molar-refractivity contribution in [2.24, 2.45) is 0 Å². The van der Waals surface area contributed by atoms with Crippen LogP contribution in [0.2, 0.25) is 0 Å². The Morgan fingerprint density at radius 1 is 1.41 bits per heavy atom. The first-order valence-corrected chi connectivity index (χ1v) is 5.91. The van der Waals surface area contributed by atoms with Gasteiger partial charge in [-0.2, -0.15) is 0 Å². The maximum absolute atomic E-state index is 13.4. The lowest BCUT2D eigenvalue weighted by atomic mass is 9.93. The summed E-state index contributed by atoms with van der Waals surface area (Å²) in [4.78, 5) is 0. The van der Waals surface area contributed by atoms with E-state index in [1.54, 1.807) is 12.1 Å². The molecular formula is C13H18FNO2. The molecule has 1 heterocycles. The molecule has 1 aliphatic rings. The summed E-state index contributed by atoms with van der Waals surface area (Å²) >= 11 is 0. The summed E-state index contributed by atoms with van der Waals surface area (Å²) in [5.74, 6) is -0.162. The molecule has 0 aromatic heterocycles. The zero-order valence-electron chi connectivity index (χ0n) is 10.0. The average Bonchev–Trinajstić information content (AvgIpc) is 2.31. The van der Waals surface area contributed by atoms with E-state index in [4.69, 9.17) is 4.74 Å². The third-order valence-electron chi connectivity index (χ3n) is 3.12. The minimum Gasteiger partial charge on any atom is -0.488 e. The fourth-order valence-corrected chi connectivity index (χ4v) is 1.97. The van der Waals surface area contributed by atoms with Crippen LogP contribution < -0.4 is 10.1 Å². The number of benzene rings is 1. The number of hydrogen-bond acceptors (Lipinski definition) is 3. The molecular weight excluding hydrogens is 221 g/mol. The van der Waals surface area contributed by atoms with Crippen molar-refractivity contribution in [3.63, 3.8) is 0 Å². The van der Waals surface area contributed by atoms with E-state index in [-0.39, 0.29) is 18.2 Å². The topological polar surface area (TPSA) is 41.5 Å². The molecule has 1 aromatic carbocycles. The quantitative estimate of drug-likeness (QED) is 0.842. The molecule has 17 heavy (non-hydrogen) atoms. The Kier molecular flexibility index (Phi) is 3.64. The van der Waals surface area contributed by atoms with Gasteiger partial charge in [0.1, 0.15) is 12.2 Å². The van der Waals surface area contributed by atoms with E-state index in [1.807, 2.05) is 6.92 Å². The number of halogens is 1. The number of hydrogen-bond donors (Lipinski definition) is 2. The van der Waals surface area contributed by atoms with Crippen LogP contribution >= 0.6 is 0 Å². The molecule has 0 radical (unpaired) electrons. The van der Waals surface area contributed by atoms with E-state index in [1.165, 1.54) is 6.07 Å². The Hall–Kier alpha value is -1.13. The van der Waals surface area contributed by atoms with Crippen molar-refractivity contribution in [2.75, 3.05) is 19.7 Å². The first kappa shape index (κ1) is 12.3. The number of ether oxygens (including phenoxy) is 1. The van der Waals surface area contributed by atoms with Crippen LogP contribution in [0.4, 0.5) is 4.39 Å². The van der Waals surface area contributed by atoms with Crippen molar-refractivity contribution < 1.29 is 14.2 Å². The highest BCUT2D eigenvalue weighted by Gasteiger charge is 2.30. The van der Waals surface area contributed by atoms with Crippen LogP contribution in [0.1, 0.15) is 18.4 Å². The van der Waals surface area contributed by atoms with Crippen molar-refractivity contribution >= 4 is 0 Å². The van der Waals surface area contributed by atoms with E-state index >= 15 is 0 Å². The lowest BCUT2D eigenvalue weighted by Gasteiger charge is -2.32. The van der Waals surface area contributed by atoms with Crippen molar-refractivity contribution in [3.05, 3.63) is 29.6 Å². The van der Waals surface area contributed by atoms with Crippen molar-refractivity contribution in [1.82, 2.24) is 5.32 Å². The van der Waals surface area contributed by atoms with Crippen LogP contribution in [0, 0.1) is 12.7 Å². The maximum Gasteiger partial charge on any atom is 0.165 e. The lowest BCUT2D eigenvalue weighted by molar-refractivity contribution is -0.0294. The van der Waals surface area contributed by atoms with Crippen LogP contribution in [0.25, 0.3) is 0 Å². The lowest BCUT2D eigenvalue weighted by Crippen LogP contribution is -2.46. The van der Waals surface area contributed by atoms with Crippen molar-refractivity contribution in [2.45, 2.75) is 25.4 Å². The first-order valence-electron chi connectivity index (χ1n) is 5.91. The van der Waals surface area contributed by atoms with Gasteiger partial charge in [0.2, 0.25) is 0 Å². The number of nitrogens with one attached hydrogen (secondary N) is 1. The zero-order chi connectivity index (χ0) is 12.3. The summed E-state index contributed by atoms with van der Waals surface area (Å²) in [6.45, 7) is 3.58. The van der Waals surface area contributed by atoms with Gasteiger partial charge in [-0.15, -0.1) is 0 Å². The number of aryl methyl sites for hydroxylation is 1. The van der Waals surface area contributed by atoms with Gasteiger partial charge in [0.05, 0.1) is 0 Å². The number of piperidine rings is 1. The zero-order valence-corrected chi connectivity index (χ0v) is 10.0. The molecule has 2 N–H and O–H groups in total. The van der Waals surface area contributed by atoms with E-state index < -0.39 is 5.60 Å². The first-order chi connectivity index (χ1) is 8.09. The fraction of sp³-hybridized carbons (Fsp3) is 0.538. The molecule has 1 aromatic rings. The van der Waals surface area contributed by atoms with Gasteiger partial charge in [0.15, 0.2) is 11.6 Å². The summed E-state index contributed by atoms with van der Waals surface area (Å²) in [7, 11) is 0. The van der Waals surface area contributed by atoms with Crippen molar-refractivity contribution in [1.29, 1.82) is 0 Å². The van der Waals surface area contributed by atoms with Crippen LogP contribution in [0.3, 0.4) is 0 Å². The smallest absolute Gasteiger partial charge is 0.165 e. The molecule has 4 heteroatoms. The van der Waals surface area contributed by atoms with Gasteiger partial charge in [0.25, 0.3) is 0 Å². The summed E-state index contributed by atoms with van der Waals surface area (Å²) in [6.07, 6.45) is 1.28. The van der Waals surface area contributed by atoms with E-state index in [9.17, 15) is 9.50 Å². The monoisotopic (exact) mass is 239 g/mol. The summed E-state index contributed by atoms with van der Waals surface area (Å²) in [5.41, 5.74) is 0.111. The van der Waals surface area contributed by atoms with Crippen LogP contribution in [-0.4, -0.2) is 30.4 Å². The molecule has 2 rings (SSSR count). The SMILES string of the molecule is Cc1ccc(F)c(OCC2(O)CCNCC2)c1. The predicted octanol–water partition coefficient (Wildman–Crippen LogP) is 1.63. The van der Waals surface area contributed by atoms with Crippen LogP contribution in [-0.2, 0) is 0 Å². The normalized spacial score (nSPS) is 19.0.